The van der Waals surface area contributed by atoms with Gasteiger partial charge < -0.3 is 10.5 Å². The SMILES string of the molecule is COCCS(=O)C1CCCC(N)C1. The highest BCUT2D eigenvalue weighted by molar-refractivity contribution is 7.85. The van der Waals surface area contributed by atoms with Crippen LogP contribution in [0, 0.1) is 0 Å². The minimum Gasteiger partial charge on any atom is -0.384 e. The van der Waals surface area contributed by atoms with Gasteiger partial charge in [-0.05, 0) is 19.3 Å². The molecule has 0 aromatic carbocycles. The van der Waals surface area contributed by atoms with Gasteiger partial charge in [-0.2, -0.15) is 0 Å². The normalized spacial score (nSPS) is 31.5. The number of ether oxygens (including phenoxy) is 1. The molecule has 0 aliphatic heterocycles. The van der Waals surface area contributed by atoms with Crippen LogP contribution in [0.4, 0.5) is 0 Å². The van der Waals surface area contributed by atoms with Gasteiger partial charge in [0.2, 0.25) is 0 Å². The van der Waals surface area contributed by atoms with Crippen molar-refractivity contribution in [2.24, 2.45) is 5.73 Å². The maximum Gasteiger partial charge on any atom is 0.0577 e. The molecule has 0 bridgehead atoms. The first-order valence-electron chi connectivity index (χ1n) is 4.85. The molecule has 3 unspecified atom stereocenters. The van der Waals surface area contributed by atoms with Crippen LogP contribution in [0.3, 0.4) is 0 Å². The predicted octanol–water partition coefficient (Wildman–Crippen LogP) is 0.651. The molecule has 1 saturated carbocycles. The Morgan fingerprint density at radius 3 is 2.92 bits per heavy atom. The highest BCUT2D eigenvalue weighted by atomic mass is 32.2. The van der Waals surface area contributed by atoms with E-state index in [1.54, 1.807) is 7.11 Å². The first-order chi connectivity index (χ1) is 6.24. The van der Waals surface area contributed by atoms with Gasteiger partial charge in [0, 0.05) is 35.0 Å². The molecule has 0 spiro atoms. The van der Waals surface area contributed by atoms with Gasteiger partial charge >= 0.3 is 0 Å². The Kier molecular flexibility index (Phi) is 4.91. The fourth-order valence-corrected chi connectivity index (χ4v) is 3.31. The number of nitrogens with two attached hydrogens (primary N) is 1. The van der Waals surface area contributed by atoms with Crippen LogP contribution in [-0.4, -0.2) is 35.0 Å². The van der Waals surface area contributed by atoms with Crippen LogP contribution in [0.5, 0.6) is 0 Å². The van der Waals surface area contributed by atoms with Crippen LogP contribution < -0.4 is 5.73 Å². The summed E-state index contributed by atoms with van der Waals surface area (Å²) in [5.41, 5.74) is 5.83. The zero-order chi connectivity index (χ0) is 9.68. The molecule has 0 heterocycles. The molecule has 78 valence electrons. The van der Waals surface area contributed by atoms with Crippen molar-refractivity contribution in [1.82, 2.24) is 0 Å². The molecule has 3 atom stereocenters. The summed E-state index contributed by atoms with van der Waals surface area (Å²) in [6.45, 7) is 0.596. The third-order valence-corrected chi connectivity index (χ3v) is 4.27. The monoisotopic (exact) mass is 205 g/mol. The molecule has 0 aromatic rings. The number of hydrogen-bond acceptors (Lipinski definition) is 3. The first-order valence-corrected chi connectivity index (χ1v) is 6.24. The fraction of sp³-hybridized carbons (Fsp3) is 1.00. The number of methoxy groups -OCH3 is 1. The van der Waals surface area contributed by atoms with Crippen molar-refractivity contribution < 1.29 is 8.95 Å². The van der Waals surface area contributed by atoms with E-state index in [0.29, 0.717) is 17.6 Å². The summed E-state index contributed by atoms with van der Waals surface area (Å²) in [5.74, 6) is 0.661. The van der Waals surface area contributed by atoms with Crippen molar-refractivity contribution in [2.45, 2.75) is 37.0 Å². The van der Waals surface area contributed by atoms with Gasteiger partial charge in [0.1, 0.15) is 0 Å². The molecule has 0 saturated heterocycles. The van der Waals surface area contributed by atoms with Crippen LogP contribution in [0.1, 0.15) is 25.7 Å². The summed E-state index contributed by atoms with van der Waals surface area (Å²) in [6.07, 6.45) is 4.23. The molecule has 0 amide bonds. The lowest BCUT2D eigenvalue weighted by molar-refractivity contribution is 0.217. The second kappa shape index (κ2) is 5.73. The van der Waals surface area contributed by atoms with Gasteiger partial charge in [0.25, 0.3) is 0 Å². The van der Waals surface area contributed by atoms with E-state index in [9.17, 15) is 4.21 Å². The van der Waals surface area contributed by atoms with E-state index in [2.05, 4.69) is 0 Å². The summed E-state index contributed by atoms with van der Waals surface area (Å²) < 4.78 is 16.6. The predicted molar refractivity (Wildman–Crippen MR) is 55.1 cm³/mol. The van der Waals surface area contributed by atoms with Crippen molar-refractivity contribution >= 4 is 10.8 Å². The fourth-order valence-electron chi connectivity index (χ4n) is 1.75. The van der Waals surface area contributed by atoms with Gasteiger partial charge in [-0.1, -0.05) is 6.42 Å². The lowest BCUT2D eigenvalue weighted by Crippen LogP contribution is -2.34. The van der Waals surface area contributed by atoms with Crippen molar-refractivity contribution in [3.63, 3.8) is 0 Å². The Morgan fingerprint density at radius 2 is 2.31 bits per heavy atom. The van der Waals surface area contributed by atoms with E-state index in [1.165, 1.54) is 0 Å². The van der Waals surface area contributed by atoms with Gasteiger partial charge in [-0.3, -0.25) is 4.21 Å². The van der Waals surface area contributed by atoms with E-state index in [1.807, 2.05) is 0 Å². The smallest absolute Gasteiger partial charge is 0.0577 e. The molecule has 1 rings (SSSR count). The zero-order valence-corrected chi connectivity index (χ0v) is 9.02. The summed E-state index contributed by atoms with van der Waals surface area (Å²) in [4.78, 5) is 0. The lowest BCUT2D eigenvalue weighted by atomic mass is 9.96. The van der Waals surface area contributed by atoms with Gasteiger partial charge in [-0.25, -0.2) is 0 Å². The van der Waals surface area contributed by atoms with Crippen LogP contribution in [0.15, 0.2) is 0 Å². The molecule has 13 heavy (non-hydrogen) atoms. The van der Waals surface area contributed by atoms with E-state index >= 15 is 0 Å². The lowest BCUT2D eigenvalue weighted by Gasteiger charge is -2.25. The second-order valence-electron chi connectivity index (χ2n) is 3.63. The third-order valence-electron chi connectivity index (χ3n) is 2.53. The Hall–Kier alpha value is 0.0700. The maximum atomic E-state index is 11.7. The van der Waals surface area contributed by atoms with Crippen LogP contribution in [0.2, 0.25) is 0 Å². The molecule has 1 aliphatic carbocycles. The van der Waals surface area contributed by atoms with E-state index < -0.39 is 10.8 Å². The highest BCUT2D eigenvalue weighted by Gasteiger charge is 2.23. The molecule has 2 N–H and O–H groups in total. The highest BCUT2D eigenvalue weighted by Crippen LogP contribution is 2.21. The standard InChI is InChI=1S/C9H19NO2S/c1-12-5-6-13(11)9-4-2-3-8(10)7-9/h8-9H,2-7,10H2,1H3. The molecule has 0 aromatic heterocycles. The summed E-state index contributed by atoms with van der Waals surface area (Å²) in [6, 6.07) is 0.269. The molecule has 0 radical (unpaired) electrons. The topological polar surface area (TPSA) is 52.3 Å². The van der Waals surface area contributed by atoms with Crippen LogP contribution in [-0.2, 0) is 15.5 Å². The second-order valence-corrected chi connectivity index (χ2v) is 5.46. The zero-order valence-electron chi connectivity index (χ0n) is 8.20. The Labute approximate surface area is 82.5 Å². The Balaban J connectivity index is 2.28. The van der Waals surface area contributed by atoms with Gasteiger partial charge in [0.15, 0.2) is 0 Å². The third kappa shape index (κ3) is 3.75. The van der Waals surface area contributed by atoms with Gasteiger partial charge in [-0.15, -0.1) is 0 Å². The largest absolute Gasteiger partial charge is 0.384 e. The first kappa shape index (κ1) is 11.1. The maximum absolute atomic E-state index is 11.7. The quantitative estimate of drug-likeness (QED) is 0.733. The molecule has 1 fully saturated rings. The van der Waals surface area contributed by atoms with Crippen molar-refractivity contribution in [1.29, 1.82) is 0 Å². The van der Waals surface area contributed by atoms with Crippen LogP contribution in [0.25, 0.3) is 0 Å². The summed E-state index contributed by atoms with van der Waals surface area (Å²) >= 11 is 0. The van der Waals surface area contributed by atoms with Crippen molar-refractivity contribution in [3.8, 4) is 0 Å². The van der Waals surface area contributed by atoms with E-state index in [0.717, 1.165) is 25.7 Å². The number of hydrogen-bond donors (Lipinski definition) is 1. The van der Waals surface area contributed by atoms with Crippen LogP contribution >= 0.6 is 0 Å². The minimum atomic E-state index is -0.732. The molecule has 4 heteroatoms. The van der Waals surface area contributed by atoms with Crippen molar-refractivity contribution in [2.75, 3.05) is 19.5 Å². The molecular formula is C9H19NO2S. The Bertz CT molecular complexity index is 175. The van der Waals surface area contributed by atoms with E-state index in [4.69, 9.17) is 10.5 Å². The summed E-state index contributed by atoms with van der Waals surface area (Å²) in [5, 5.41) is 0.318. The number of rotatable bonds is 4. The molecule has 3 nitrogen and oxygen atoms in total. The molecule has 1 aliphatic rings. The minimum absolute atomic E-state index is 0.269. The van der Waals surface area contributed by atoms with E-state index in [-0.39, 0.29) is 6.04 Å². The molecular weight excluding hydrogens is 186 g/mol. The summed E-state index contributed by atoms with van der Waals surface area (Å²) in [7, 11) is 0.911. The van der Waals surface area contributed by atoms with Crippen molar-refractivity contribution in [3.05, 3.63) is 0 Å². The average molecular weight is 205 g/mol. The van der Waals surface area contributed by atoms with Gasteiger partial charge in [0.05, 0.1) is 6.61 Å². The Morgan fingerprint density at radius 1 is 1.54 bits per heavy atom. The average Bonchev–Trinajstić information content (AvgIpc) is 2.14.